The number of amides is 1. The summed E-state index contributed by atoms with van der Waals surface area (Å²) in [5, 5.41) is 10.3. The second-order valence-electron chi connectivity index (χ2n) is 7.96. The van der Waals surface area contributed by atoms with Gasteiger partial charge < -0.3 is 19.1 Å². The van der Waals surface area contributed by atoms with Gasteiger partial charge in [0.2, 0.25) is 5.91 Å². The van der Waals surface area contributed by atoms with Crippen LogP contribution in [0, 0.1) is 5.92 Å². The Balaban J connectivity index is 1.45. The van der Waals surface area contributed by atoms with Crippen LogP contribution < -0.4 is 10.4 Å². The second-order valence-corrected chi connectivity index (χ2v) is 9.07. The topological polar surface area (TPSA) is 114 Å². The second kappa shape index (κ2) is 9.20. The van der Waals surface area contributed by atoms with Crippen molar-refractivity contribution in [3.8, 4) is 5.75 Å². The van der Waals surface area contributed by atoms with E-state index in [1.807, 2.05) is 0 Å². The number of rotatable bonds is 9. The zero-order chi connectivity index (χ0) is 22.8. The van der Waals surface area contributed by atoms with E-state index in [0.29, 0.717) is 35.5 Å². The van der Waals surface area contributed by atoms with Gasteiger partial charge in [0, 0.05) is 35.3 Å². The maximum atomic E-state index is 12.7. The number of ether oxygens (including phenoxy) is 1. The van der Waals surface area contributed by atoms with Gasteiger partial charge in [-0.15, -0.1) is 11.8 Å². The fourth-order valence-corrected chi connectivity index (χ4v) is 5.48. The number of Topliss-reactive ketones (excluding diaryl/α,β-unsaturated/α-hetero) is 1. The minimum Gasteiger partial charge on any atom is -0.489 e. The number of fused-ring (bicyclic) bond motifs is 2. The van der Waals surface area contributed by atoms with Crippen molar-refractivity contribution in [1.82, 2.24) is 4.90 Å². The SMILES string of the molecule is CC(=O)CCCCC1C(=O)N2C(C(=O)O)=C(COc3ccc4ccc(=O)oc4c3)CSC12. The summed E-state index contributed by atoms with van der Waals surface area (Å²) in [4.78, 5) is 48.5. The van der Waals surface area contributed by atoms with Gasteiger partial charge in [-0.05, 0) is 38.0 Å². The first-order chi connectivity index (χ1) is 15.3. The number of carboxylic acid groups (broad SMARTS) is 1. The summed E-state index contributed by atoms with van der Waals surface area (Å²) in [7, 11) is 0. The average Bonchev–Trinajstić information content (AvgIpc) is 2.76. The van der Waals surface area contributed by atoms with Crippen molar-refractivity contribution in [2.75, 3.05) is 12.4 Å². The Kier molecular flexibility index (Phi) is 6.36. The highest BCUT2D eigenvalue weighted by molar-refractivity contribution is 8.00. The number of carboxylic acids is 1. The van der Waals surface area contributed by atoms with E-state index in [0.717, 1.165) is 18.2 Å². The molecule has 8 nitrogen and oxygen atoms in total. The molecule has 9 heteroatoms. The molecule has 0 spiro atoms. The molecule has 0 aliphatic carbocycles. The maximum absolute atomic E-state index is 12.7. The summed E-state index contributed by atoms with van der Waals surface area (Å²) < 4.78 is 10.9. The summed E-state index contributed by atoms with van der Waals surface area (Å²) in [6.07, 6.45) is 2.66. The molecule has 0 saturated carbocycles. The van der Waals surface area contributed by atoms with E-state index < -0.39 is 11.6 Å². The molecule has 2 atom stereocenters. The molecule has 4 rings (SSSR count). The number of benzene rings is 1. The number of aliphatic carboxylic acids is 1. The molecule has 1 N–H and O–H groups in total. The third-order valence-corrected chi connectivity index (χ3v) is 7.06. The molecule has 2 aliphatic heterocycles. The Hall–Kier alpha value is -3.07. The number of ketones is 1. The van der Waals surface area contributed by atoms with Crippen LogP contribution in [0.1, 0.15) is 32.6 Å². The van der Waals surface area contributed by atoms with Gasteiger partial charge in [-0.2, -0.15) is 0 Å². The van der Waals surface area contributed by atoms with Crippen LogP contribution in [0.2, 0.25) is 0 Å². The summed E-state index contributed by atoms with van der Waals surface area (Å²) in [5.41, 5.74) is 0.432. The molecular weight excluding hydrogens is 434 g/mol. The first kappa shape index (κ1) is 22.1. The molecule has 1 aromatic carbocycles. The van der Waals surface area contributed by atoms with E-state index in [-0.39, 0.29) is 35.3 Å². The van der Waals surface area contributed by atoms with Crippen molar-refractivity contribution in [2.24, 2.45) is 5.92 Å². The summed E-state index contributed by atoms with van der Waals surface area (Å²) >= 11 is 1.54. The van der Waals surface area contributed by atoms with Crippen LogP contribution in [0.5, 0.6) is 5.75 Å². The highest BCUT2D eigenvalue weighted by atomic mass is 32.2. The van der Waals surface area contributed by atoms with Gasteiger partial charge in [-0.1, -0.05) is 6.42 Å². The van der Waals surface area contributed by atoms with Crippen molar-refractivity contribution >= 4 is 40.4 Å². The first-order valence-electron chi connectivity index (χ1n) is 10.4. The predicted octanol–water partition coefficient (Wildman–Crippen LogP) is 3.19. The molecule has 1 saturated heterocycles. The number of carbonyl (C=O) groups is 3. The largest absolute Gasteiger partial charge is 0.489 e. The van der Waals surface area contributed by atoms with Crippen LogP contribution >= 0.6 is 11.8 Å². The zero-order valence-electron chi connectivity index (χ0n) is 17.5. The van der Waals surface area contributed by atoms with E-state index in [9.17, 15) is 24.3 Å². The Morgan fingerprint density at radius 1 is 1.22 bits per heavy atom. The number of β-lactam (4-membered cyclic amide) rings is 1. The third kappa shape index (κ3) is 4.43. The summed E-state index contributed by atoms with van der Waals surface area (Å²) in [5.74, 6) is -0.536. The van der Waals surface area contributed by atoms with Gasteiger partial charge in [0.05, 0.1) is 11.3 Å². The minimum absolute atomic E-state index is 0.00828. The average molecular weight is 458 g/mol. The number of nitrogens with zero attached hydrogens (tertiary/aromatic N) is 1. The fraction of sp³-hybridized carbons (Fsp3) is 0.391. The minimum atomic E-state index is -1.15. The van der Waals surface area contributed by atoms with Gasteiger partial charge in [0.1, 0.15) is 29.4 Å². The Morgan fingerprint density at radius 3 is 2.75 bits per heavy atom. The number of hydrogen-bond acceptors (Lipinski definition) is 7. The van der Waals surface area contributed by atoms with Crippen molar-refractivity contribution in [2.45, 2.75) is 38.0 Å². The maximum Gasteiger partial charge on any atom is 0.352 e. The number of unbranched alkanes of at least 4 members (excludes halogenated alkanes) is 1. The third-order valence-electron chi connectivity index (χ3n) is 5.66. The highest BCUT2D eigenvalue weighted by Crippen LogP contribution is 2.45. The van der Waals surface area contributed by atoms with E-state index in [4.69, 9.17) is 9.15 Å². The summed E-state index contributed by atoms with van der Waals surface area (Å²) in [6.45, 7) is 1.56. The van der Waals surface area contributed by atoms with Gasteiger partial charge in [-0.3, -0.25) is 9.69 Å². The van der Waals surface area contributed by atoms with Crippen LogP contribution in [0.3, 0.4) is 0 Å². The lowest BCUT2D eigenvalue weighted by Gasteiger charge is -2.49. The Bertz CT molecular complexity index is 1170. The fourth-order valence-electron chi connectivity index (χ4n) is 4.05. The standard InChI is InChI=1S/C23H23NO7S/c1-13(25)4-2-3-5-17-21(27)24-20(23(28)29)15(12-32-22(17)24)11-30-16-8-6-14-7-9-19(26)31-18(14)10-16/h6-10,17,22H,2-5,11-12H2,1H3,(H,28,29). The predicted molar refractivity (Wildman–Crippen MR) is 118 cm³/mol. The van der Waals surface area contributed by atoms with E-state index >= 15 is 0 Å². The quantitative estimate of drug-likeness (QED) is 0.347. The zero-order valence-corrected chi connectivity index (χ0v) is 18.4. The van der Waals surface area contributed by atoms with Crippen molar-refractivity contribution in [1.29, 1.82) is 0 Å². The Morgan fingerprint density at radius 2 is 2.00 bits per heavy atom. The smallest absolute Gasteiger partial charge is 0.352 e. The monoisotopic (exact) mass is 457 g/mol. The molecule has 168 valence electrons. The molecule has 32 heavy (non-hydrogen) atoms. The number of carbonyl (C=O) groups excluding carboxylic acids is 2. The van der Waals surface area contributed by atoms with Gasteiger partial charge >= 0.3 is 11.6 Å². The van der Waals surface area contributed by atoms with Crippen LogP contribution in [0.15, 0.2) is 50.8 Å². The molecule has 1 fully saturated rings. The molecule has 2 aliphatic rings. The first-order valence-corrected chi connectivity index (χ1v) is 11.5. The van der Waals surface area contributed by atoms with E-state index in [1.165, 1.54) is 22.7 Å². The molecule has 2 aromatic rings. The van der Waals surface area contributed by atoms with E-state index in [2.05, 4.69) is 0 Å². The normalized spacial score (nSPS) is 20.2. The molecule has 1 amide bonds. The van der Waals surface area contributed by atoms with Crippen molar-refractivity contribution < 1.29 is 28.6 Å². The van der Waals surface area contributed by atoms with E-state index in [1.54, 1.807) is 31.2 Å². The van der Waals surface area contributed by atoms with Crippen molar-refractivity contribution in [3.63, 3.8) is 0 Å². The summed E-state index contributed by atoms with van der Waals surface area (Å²) in [6, 6.07) is 8.04. The molecular formula is C23H23NO7S. The van der Waals surface area contributed by atoms with Crippen LogP contribution in [0.25, 0.3) is 11.0 Å². The molecule has 1 aromatic heterocycles. The molecule has 3 heterocycles. The van der Waals surface area contributed by atoms with Gasteiger partial charge in [0.25, 0.3) is 0 Å². The lowest BCUT2D eigenvalue weighted by atomic mass is 9.90. The number of thioether (sulfide) groups is 1. The lowest BCUT2D eigenvalue weighted by Crippen LogP contribution is -2.61. The molecule has 0 radical (unpaired) electrons. The molecule has 2 unspecified atom stereocenters. The molecule has 0 bridgehead atoms. The van der Waals surface area contributed by atoms with Crippen molar-refractivity contribution in [3.05, 3.63) is 52.0 Å². The number of hydrogen-bond donors (Lipinski definition) is 1. The van der Waals surface area contributed by atoms with Gasteiger partial charge in [-0.25, -0.2) is 9.59 Å². The van der Waals surface area contributed by atoms with Crippen LogP contribution in [0.4, 0.5) is 0 Å². The van der Waals surface area contributed by atoms with Gasteiger partial charge in [0.15, 0.2) is 0 Å². The highest BCUT2D eigenvalue weighted by Gasteiger charge is 2.52. The van der Waals surface area contributed by atoms with Crippen LogP contribution in [-0.4, -0.2) is 45.4 Å². The lowest BCUT2D eigenvalue weighted by molar-refractivity contribution is -0.152. The Labute approximate surface area is 188 Å². The van der Waals surface area contributed by atoms with Crippen LogP contribution in [-0.2, 0) is 14.4 Å².